The second-order valence-corrected chi connectivity index (χ2v) is 6.44. The third-order valence-corrected chi connectivity index (χ3v) is 4.37. The van der Waals surface area contributed by atoms with Gasteiger partial charge in [0.2, 0.25) is 0 Å². The van der Waals surface area contributed by atoms with Crippen LogP contribution in [-0.4, -0.2) is 36.5 Å². The number of rotatable bonds is 13. The summed E-state index contributed by atoms with van der Waals surface area (Å²) in [5.74, 6) is -0.923. The maximum atomic E-state index is 10.7. The van der Waals surface area contributed by atoms with E-state index in [9.17, 15) is 4.79 Å². The van der Waals surface area contributed by atoms with Crippen molar-refractivity contribution in [3.05, 3.63) is 0 Å². The van der Waals surface area contributed by atoms with Crippen LogP contribution in [0.25, 0.3) is 0 Å². The first kappa shape index (κ1) is 19.4. The minimum Gasteiger partial charge on any atom is -0.479 e. The Labute approximate surface area is 135 Å². The molecule has 0 spiro atoms. The number of hydrogen-bond acceptors (Lipinski definition) is 3. The minimum absolute atomic E-state index is 0.0918. The Hall–Kier alpha value is -0.610. The van der Waals surface area contributed by atoms with Crippen molar-refractivity contribution >= 4 is 5.97 Å². The molecule has 1 rings (SSSR count). The maximum absolute atomic E-state index is 10.7. The summed E-state index contributed by atoms with van der Waals surface area (Å²) in [6, 6.07) is 0. The van der Waals surface area contributed by atoms with Crippen molar-refractivity contribution in [3.63, 3.8) is 0 Å². The SMILES string of the molecule is CCCCCCCCCCCCC[C@H]1CO[C@H](C(=O)O)CO1. The van der Waals surface area contributed by atoms with Gasteiger partial charge >= 0.3 is 5.97 Å². The molecule has 1 aliphatic rings. The Morgan fingerprint density at radius 2 is 1.41 bits per heavy atom. The number of aliphatic carboxylic acids is 1. The van der Waals surface area contributed by atoms with E-state index in [-0.39, 0.29) is 12.7 Å². The molecule has 1 fully saturated rings. The van der Waals surface area contributed by atoms with Gasteiger partial charge in [0.25, 0.3) is 0 Å². The lowest BCUT2D eigenvalue weighted by Crippen LogP contribution is -2.40. The van der Waals surface area contributed by atoms with E-state index in [0.717, 1.165) is 12.8 Å². The number of carboxylic acids is 1. The average Bonchev–Trinajstić information content (AvgIpc) is 2.53. The van der Waals surface area contributed by atoms with Crippen LogP contribution in [0.4, 0.5) is 0 Å². The molecule has 0 amide bonds. The lowest BCUT2D eigenvalue weighted by molar-refractivity contribution is -0.175. The number of ether oxygens (including phenoxy) is 2. The molecule has 1 saturated heterocycles. The first-order chi connectivity index (χ1) is 10.7. The van der Waals surface area contributed by atoms with E-state index in [1.807, 2.05) is 0 Å². The molecule has 0 aliphatic carbocycles. The fourth-order valence-electron chi connectivity index (χ4n) is 2.89. The summed E-state index contributed by atoms with van der Waals surface area (Å²) in [6.45, 7) is 2.88. The van der Waals surface area contributed by atoms with E-state index >= 15 is 0 Å². The monoisotopic (exact) mass is 314 g/mol. The second kappa shape index (κ2) is 12.9. The molecule has 0 aromatic carbocycles. The van der Waals surface area contributed by atoms with Gasteiger partial charge in [-0.25, -0.2) is 4.79 Å². The molecule has 4 nitrogen and oxygen atoms in total. The summed E-state index contributed by atoms with van der Waals surface area (Å²) >= 11 is 0. The van der Waals surface area contributed by atoms with Crippen LogP contribution in [0.5, 0.6) is 0 Å². The van der Waals surface area contributed by atoms with Crippen LogP contribution in [-0.2, 0) is 14.3 Å². The van der Waals surface area contributed by atoms with Crippen molar-refractivity contribution in [3.8, 4) is 0 Å². The summed E-state index contributed by atoms with van der Waals surface area (Å²) in [5, 5.41) is 8.80. The molecule has 1 N–H and O–H groups in total. The summed E-state index contributed by atoms with van der Waals surface area (Å²) < 4.78 is 10.8. The van der Waals surface area contributed by atoms with E-state index in [2.05, 4.69) is 6.92 Å². The van der Waals surface area contributed by atoms with Gasteiger partial charge < -0.3 is 14.6 Å². The van der Waals surface area contributed by atoms with Gasteiger partial charge in [-0.2, -0.15) is 0 Å². The van der Waals surface area contributed by atoms with Crippen molar-refractivity contribution in [2.75, 3.05) is 13.2 Å². The van der Waals surface area contributed by atoms with Crippen molar-refractivity contribution < 1.29 is 19.4 Å². The Balaban J connectivity index is 1.81. The quantitative estimate of drug-likeness (QED) is 0.506. The number of unbranched alkanes of at least 4 members (excludes halogenated alkanes) is 10. The highest BCUT2D eigenvalue weighted by Gasteiger charge is 2.26. The Morgan fingerprint density at radius 1 is 0.864 bits per heavy atom. The largest absolute Gasteiger partial charge is 0.479 e. The van der Waals surface area contributed by atoms with Crippen LogP contribution in [0, 0.1) is 0 Å². The topological polar surface area (TPSA) is 55.8 Å². The minimum atomic E-state index is -0.923. The number of carboxylic acid groups (broad SMARTS) is 1. The fraction of sp³-hybridized carbons (Fsp3) is 0.944. The van der Waals surface area contributed by atoms with Crippen molar-refractivity contribution in [2.45, 2.75) is 96.2 Å². The zero-order valence-electron chi connectivity index (χ0n) is 14.2. The highest BCUT2D eigenvalue weighted by molar-refractivity contribution is 5.72. The van der Waals surface area contributed by atoms with E-state index in [4.69, 9.17) is 14.6 Å². The molecule has 1 aliphatic heterocycles. The zero-order valence-corrected chi connectivity index (χ0v) is 14.2. The molecular weight excluding hydrogens is 280 g/mol. The molecule has 1 heterocycles. The maximum Gasteiger partial charge on any atom is 0.335 e. The van der Waals surface area contributed by atoms with E-state index in [1.165, 1.54) is 64.2 Å². The lowest BCUT2D eigenvalue weighted by atomic mass is 10.0. The lowest BCUT2D eigenvalue weighted by Gasteiger charge is -2.27. The van der Waals surface area contributed by atoms with Crippen LogP contribution < -0.4 is 0 Å². The standard InChI is InChI=1S/C18H34O4/c1-2-3-4-5-6-7-8-9-10-11-12-13-16-14-22-17(15-21-16)18(19)20/h16-17H,2-15H2,1H3,(H,19,20)/t16-,17-/m0/s1. The first-order valence-corrected chi connectivity index (χ1v) is 9.20. The first-order valence-electron chi connectivity index (χ1n) is 9.20. The molecule has 0 aromatic heterocycles. The summed E-state index contributed by atoms with van der Waals surface area (Å²) in [4.78, 5) is 10.7. The van der Waals surface area contributed by atoms with E-state index in [1.54, 1.807) is 0 Å². The van der Waals surface area contributed by atoms with Crippen LogP contribution in [0.3, 0.4) is 0 Å². The molecule has 0 bridgehead atoms. The predicted molar refractivity (Wildman–Crippen MR) is 88.2 cm³/mol. The van der Waals surface area contributed by atoms with Gasteiger partial charge in [0, 0.05) is 0 Å². The highest BCUT2D eigenvalue weighted by Crippen LogP contribution is 2.16. The van der Waals surface area contributed by atoms with Gasteiger partial charge in [-0.3, -0.25) is 0 Å². The fourth-order valence-corrected chi connectivity index (χ4v) is 2.89. The number of carbonyl (C=O) groups is 1. The van der Waals surface area contributed by atoms with Gasteiger partial charge in [-0.05, 0) is 6.42 Å². The zero-order chi connectivity index (χ0) is 16.0. The molecule has 2 atom stereocenters. The van der Waals surface area contributed by atoms with Gasteiger partial charge in [-0.1, -0.05) is 77.6 Å². The van der Waals surface area contributed by atoms with E-state index in [0.29, 0.717) is 6.61 Å². The van der Waals surface area contributed by atoms with Crippen molar-refractivity contribution in [1.29, 1.82) is 0 Å². The smallest absolute Gasteiger partial charge is 0.335 e. The average molecular weight is 314 g/mol. The highest BCUT2D eigenvalue weighted by atomic mass is 16.6. The van der Waals surface area contributed by atoms with Crippen LogP contribution in [0.2, 0.25) is 0 Å². The Bertz CT molecular complexity index is 272. The van der Waals surface area contributed by atoms with E-state index < -0.39 is 12.1 Å². The third-order valence-electron chi connectivity index (χ3n) is 4.37. The van der Waals surface area contributed by atoms with Gasteiger partial charge in [0.15, 0.2) is 6.10 Å². The van der Waals surface area contributed by atoms with Crippen molar-refractivity contribution in [1.82, 2.24) is 0 Å². The van der Waals surface area contributed by atoms with Crippen LogP contribution >= 0.6 is 0 Å². The molecular formula is C18H34O4. The van der Waals surface area contributed by atoms with Crippen LogP contribution in [0.15, 0.2) is 0 Å². The molecule has 0 aromatic rings. The summed E-state index contributed by atoms with van der Waals surface area (Å²) in [7, 11) is 0. The Morgan fingerprint density at radius 3 is 1.86 bits per heavy atom. The van der Waals surface area contributed by atoms with Crippen molar-refractivity contribution in [2.24, 2.45) is 0 Å². The summed E-state index contributed by atoms with van der Waals surface area (Å²) in [5.41, 5.74) is 0. The molecule has 0 saturated carbocycles. The number of hydrogen-bond donors (Lipinski definition) is 1. The molecule has 0 unspecified atom stereocenters. The molecule has 0 radical (unpaired) electrons. The predicted octanol–water partition coefficient (Wildman–Crippen LogP) is 4.56. The molecule has 4 heteroatoms. The second-order valence-electron chi connectivity index (χ2n) is 6.44. The molecule has 130 valence electrons. The normalized spacial score (nSPS) is 21.9. The van der Waals surface area contributed by atoms with Gasteiger partial charge in [0.05, 0.1) is 19.3 Å². The third kappa shape index (κ3) is 9.42. The van der Waals surface area contributed by atoms with Crippen LogP contribution in [0.1, 0.15) is 84.0 Å². The Kier molecular flexibility index (Phi) is 11.4. The summed E-state index contributed by atoms with van der Waals surface area (Å²) in [6.07, 6.45) is 15.1. The van der Waals surface area contributed by atoms with Gasteiger partial charge in [0.1, 0.15) is 0 Å². The van der Waals surface area contributed by atoms with Gasteiger partial charge in [-0.15, -0.1) is 0 Å². The molecule has 22 heavy (non-hydrogen) atoms.